The number of nitrogens with zero attached hydrogens (tertiary/aromatic N) is 10. The molecule has 8 aromatic rings. The van der Waals surface area contributed by atoms with Gasteiger partial charge < -0.3 is 31.9 Å². The van der Waals surface area contributed by atoms with Gasteiger partial charge in [-0.3, -0.25) is 20.2 Å². The number of rotatable bonds is 2. The van der Waals surface area contributed by atoms with Gasteiger partial charge in [0.2, 0.25) is 5.75 Å². The standard InChI is InChI=1S/C10H10N2O.C8H4N4O5.C8H8N4O.C8H6N2O/c1-6-3-7(2)10(13)9-8(6)4-11-5-12-9;13-8-6(12(16)17)1-5(11(14)15)4-2-9-3-10-7(4)8;9-5-1-6(10)8(13)7-4(5)2-11-3-12-7;11-7-3-1-2-6-4-9-5-10-8(6)7/h3-5,13H,1-2H3;1-3,13H;1-3,13H,9-10H2;1-5,11H. The van der Waals surface area contributed by atoms with Crippen LogP contribution in [0.25, 0.3) is 43.6 Å². The predicted molar refractivity (Wildman–Crippen MR) is 196 cm³/mol. The highest BCUT2D eigenvalue weighted by Crippen LogP contribution is 2.38. The van der Waals surface area contributed by atoms with Crippen LogP contribution in [0.1, 0.15) is 11.1 Å². The molecule has 20 heteroatoms. The number of aromatic nitrogens is 8. The summed E-state index contributed by atoms with van der Waals surface area (Å²) < 4.78 is 0. The quantitative estimate of drug-likeness (QED) is 0.0450. The summed E-state index contributed by atoms with van der Waals surface area (Å²) in [7, 11) is 0. The van der Waals surface area contributed by atoms with Crippen molar-refractivity contribution < 1.29 is 30.3 Å². The van der Waals surface area contributed by atoms with Gasteiger partial charge in [0.15, 0.2) is 5.75 Å². The summed E-state index contributed by atoms with van der Waals surface area (Å²) in [6, 6.07) is 9.33. The van der Waals surface area contributed by atoms with E-state index in [0.29, 0.717) is 33.7 Å². The molecule has 54 heavy (non-hydrogen) atoms. The molecule has 0 saturated carbocycles. The average Bonchev–Trinajstić information content (AvgIpc) is 3.17. The third kappa shape index (κ3) is 7.76. The second-order valence-electron chi connectivity index (χ2n) is 11.1. The van der Waals surface area contributed by atoms with Gasteiger partial charge in [0.1, 0.15) is 64.3 Å². The van der Waals surface area contributed by atoms with Gasteiger partial charge in [-0.2, -0.15) is 0 Å². The molecule has 4 aromatic heterocycles. The van der Waals surface area contributed by atoms with Gasteiger partial charge in [0, 0.05) is 46.6 Å². The first-order valence-electron chi connectivity index (χ1n) is 15.3. The number of fused-ring (bicyclic) bond motifs is 4. The van der Waals surface area contributed by atoms with Crippen LogP contribution < -0.4 is 11.5 Å². The fourth-order valence-electron chi connectivity index (χ4n) is 5.04. The Balaban J connectivity index is 0.000000140. The van der Waals surface area contributed by atoms with Crippen molar-refractivity contribution in [3.8, 4) is 23.0 Å². The summed E-state index contributed by atoms with van der Waals surface area (Å²) in [6.07, 6.45) is 11.3. The van der Waals surface area contributed by atoms with E-state index in [-0.39, 0.29) is 33.8 Å². The van der Waals surface area contributed by atoms with Crippen molar-refractivity contribution in [2.24, 2.45) is 0 Å². The summed E-state index contributed by atoms with van der Waals surface area (Å²) in [5.74, 6) is -0.308. The highest BCUT2D eigenvalue weighted by molar-refractivity contribution is 5.98. The fourth-order valence-corrected chi connectivity index (χ4v) is 5.04. The molecule has 0 spiro atoms. The van der Waals surface area contributed by atoms with Crippen LogP contribution in [-0.2, 0) is 0 Å². The maximum Gasteiger partial charge on any atom is 0.319 e. The largest absolute Gasteiger partial charge is 0.506 e. The SMILES string of the molecule is Cc1cc(C)c2cncnc2c1O.Nc1cc(N)c2cncnc2c1O.O=[N+]([O-])c1cc([N+](=O)[O-])c2cncnc2c1O.Oc1cccc2cncnc12. The van der Waals surface area contributed by atoms with Crippen LogP contribution in [0, 0.1) is 34.1 Å². The van der Waals surface area contributed by atoms with Crippen molar-refractivity contribution in [3.05, 3.63) is 118 Å². The van der Waals surface area contributed by atoms with Crippen LogP contribution in [0.5, 0.6) is 23.0 Å². The number of hydrogen-bond donors (Lipinski definition) is 6. The van der Waals surface area contributed by atoms with E-state index in [1.807, 2.05) is 26.0 Å². The second kappa shape index (κ2) is 15.8. The smallest absolute Gasteiger partial charge is 0.319 e. The minimum atomic E-state index is -0.913. The number of nitro benzene ring substituents is 2. The molecule has 0 unspecified atom stereocenters. The van der Waals surface area contributed by atoms with Crippen molar-refractivity contribution in [1.82, 2.24) is 39.9 Å². The van der Waals surface area contributed by atoms with E-state index in [2.05, 4.69) is 39.9 Å². The molecule has 8 rings (SSSR count). The third-order valence-electron chi connectivity index (χ3n) is 7.63. The molecule has 0 atom stereocenters. The maximum atomic E-state index is 10.7. The zero-order chi connectivity index (χ0) is 39.1. The number of phenolic OH excluding ortho intramolecular Hbond substituents is 4. The van der Waals surface area contributed by atoms with E-state index < -0.39 is 27.0 Å². The summed E-state index contributed by atoms with van der Waals surface area (Å²) in [6.45, 7) is 3.85. The lowest BCUT2D eigenvalue weighted by atomic mass is 10.1. The molecule has 0 aliphatic rings. The number of aromatic hydroxyl groups is 4. The van der Waals surface area contributed by atoms with Gasteiger partial charge in [0.25, 0.3) is 5.69 Å². The Labute approximate surface area is 302 Å². The number of hydrogen-bond acceptors (Lipinski definition) is 18. The Morgan fingerprint density at radius 2 is 1.07 bits per heavy atom. The minimum Gasteiger partial charge on any atom is -0.506 e. The van der Waals surface area contributed by atoms with Crippen LogP contribution in [0.4, 0.5) is 22.7 Å². The Kier molecular flexibility index (Phi) is 10.9. The van der Waals surface area contributed by atoms with E-state index in [0.717, 1.165) is 34.4 Å². The monoisotopic (exact) mass is 732 g/mol. The summed E-state index contributed by atoms with van der Waals surface area (Å²) in [5.41, 5.74) is 13.9. The minimum absolute atomic E-state index is 0.0494. The van der Waals surface area contributed by atoms with Crippen molar-refractivity contribution >= 4 is 66.4 Å². The van der Waals surface area contributed by atoms with Crippen LogP contribution in [0.3, 0.4) is 0 Å². The van der Waals surface area contributed by atoms with Gasteiger partial charge in [-0.05, 0) is 37.1 Å². The number of aryl methyl sites for hydroxylation is 2. The number of nitrogens with two attached hydrogens (primary N) is 2. The summed E-state index contributed by atoms with van der Waals surface area (Å²) >= 11 is 0. The first-order valence-corrected chi connectivity index (χ1v) is 15.3. The lowest BCUT2D eigenvalue weighted by Gasteiger charge is -2.05. The van der Waals surface area contributed by atoms with Crippen molar-refractivity contribution in [2.75, 3.05) is 11.5 Å². The van der Waals surface area contributed by atoms with Gasteiger partial charge >= 0.3 is 5.69 Å². The third-order valence-corrected chi connectivity index (χ3v) is 7.63. The Morgan fingerprint density at radius 3 is 1.67 bits per heavy atom. The van der Waals surface area contributed by atoms with Crippen LogP contribution in [-0.4, -0.2) is 70.1 Å². The molecular formula is C34H28N12O8. The Morgan fingerprint density at radius 1 is 0.556 bits per heavy atom. The van der Waals surface area contributed by atoms with E-state index >= 15 is 0 Å². The van der Waals surface area contributed by atoms with Crippen molar-refractivity contribution in [1.29, 1.82) is 0 Å². The molecule has 8 N–H and O–H groups in total. The van der Waals surface area contributed by atoms with E-state index in [9.17, 15) is 40.7 Å². The number of non-ortho nitro benzene ring substituents is 1. The summed E-state index contributed by atoms with van der Waals surface area (Å²) in [5, 5.41) is 61.7. The van der Waals surface area contributed by atoms with Crippen molar-refractivity contribution in [3.63, 3.8) is 0 Å². The van der Waals surface area contributed by atoms with Gasteiger partial charge in [0.05, 0.1) is 21.6 Å². The Bertz CT molecular complexity index is 2600. The van der Waals surface area contributed by atoms with Crippen LogP contribution >= 0.6 is 0 Å². The molecule has 0 fully saturated rings. The first-order chi connectivity index (χ1) is 25.8. The number of phenols is 4. The molecule has 0 radical (unpaired) electrons. The maximum absolute atomic E-state index is 10.7. The highest BCUT2D eigenvalue weighted by atomic mass is 16.6. The first kappa shape index (κ1) is 37.1. The summed E-state index contributed by atoms with van der Waals surface area (Å²) in [4.78, 5) is 50.2. The Hall–Kier alpha value is -8.16. The molecule has 0 amide bonds. The highest BCUT2D eigenvalue weighted by Gasteiger charge is 2.26. The second-order valence-corrected chi connectivity index (χ2v) is 11.1. The van der Waals surface area contributed by atoms with Crippen LogP contribution in [0.2, 0.25) is 0 Å². The zero-order valence-electron chi connectivity index (χ0n) is 28.1. The molecule has 0 bridgehead atoms. The number of para-hydroxylation sites is 1. The molecule has 272 valence electrons. The van der Waals surface area contributed by atoms with E-state index in [1.165, 1.54) is 31.2 Å². The molecule has 0 aliphatic carbocycles. The molecule has 20 nitrogen and oxygen atoms in total. The van der Waals surface area contributed by atoms with E-state index in [4.69, 9.17) is 11.5 Å². The average molecular weight is 733 g/mol. The zero-order valence-corrected chi connectivity index (χ0v) is 28.1. The lowest BCUT2D eigenvalue weighted by molar-refractivity contribution is -0.393. The molecule has 0 aliphatic heterocycles. The normalized spacial score (nSPS) is 10.4. The lowest BCUT2D eigenvalue weighted by Crippen LogP contribution is -1.96. The van der Waals surface area contributed by atoms with Gasteiger partial charge in [-0.1, -0.05) is 18.2 Å². The molecule has 0 saturated heterocycles. The number of benzene rings is 4. The fraction of sp³-hybridized carbons (Fsp3) is 0.0588. The van der Waals surface area contributed by atoms with Gasteiger partial charge in [-0.25, -0.2) is 39.9 Å². The molecule has 4 heterocycles. The molecular weight excluding hydrogens is 704 g/mol. The number of anilines is 2. The predicted octanol–water partition coefficient (Wildman–Crippen LogP) is 4.94. The van der Waals surface area contributed by atoms with Gasteiger partial charge in [-0.15, -0.1) is 0 Å². The van der Waals surface area contributed by atoms with Crippen molar-refractivity contribution in [2.45, 2.75) is 13.8 Å². The number of nitro groups is 2. The van der Waals surface area contributed by atoms with E-state index in [1.54, 1.807) is 24.5 Å². The number of nitrogen functional groups attached to an aromatic ring is 2. The topological polar surface area (TPSA) is 322 Å². The molecule has 4 aromatic carbocycles. The van der Waals surface area contributed by atoms with Crippen LogP contribution in [0.15, 0.2) is 86.5 Å².